The van der Waals surface area contributed by atoms with E-state index < -0.39 is 30.1 Å². The van der Waals surface area contributed by atoms with E-state index in [4.69, 9.17) is 11.5 Å². The van der Waals surface area contributed by atoms with Crippen LogP contribution in [0.15, 0.2) is 0 Å². The summed E-state index contributed by atoms with van der Waals surface area (Å²) in [6.07, 6.45) is 4.61. The van der Waals surface area contributed by atoms with Crippen molar-refractivity contribution in [2.45, 2.75) is 69.5 Å². The maximum absolute atomic E-state index is 12.9. The first-order valence-corrected chi connectivity index (χ1v) is 9.34. The van der Waals surface area contributed by atoms with Gasteiger partial charge < -0.3 is 26.6 Å². The van der Waals surface area contributed by atoms with Crippen molar-refractivity contribution in [2.75, 3.05) is 19.6 Å². The molecule has 1 heterocycles. The molecule has 1 aliphatic heterocycles. The third-order valence-electron chi connectivity index (χ3n) is 4.71. The molecule has 0 aromatic rings. The number of hydrogen-bond acceptors (Lipinski definition) is 6. The second kappa shape index (κ2) is 11.8. The van der Waals surface area contributed by atoms with Gasteiger partial charge in [0.05, 0.1) is 6.04 Å². The van der Waals surface area contributed by atoms with Gasteiger partial charge in [-0.2, -0.15) is 0 Å². The molecule has 1 amide bonds. The Morgan fingerprint density at radius 2 is 1.58 bits per heavy atom. The molecule has 0 spiro atoms. The van der Waals surface area contributed by atoms with Gasteiger partial charge in [-0.1, -0.05) is 12.8 Å². The summed E-state index contributed by atoms with van der Waals surface area (Å²) in [7, 11) is 0. The molecule has 0 saturated carbocycles. The van der Waals surface area contributed by atoms with Crippen LogP contribution in [-0.2, 0) is 14.4 Å². The second-order valence-electron chi connectivity index (χ2n) is 6.71. The number of carbonyl (C=O) groups is 3. The first-order chi connectivity index (χ1) is 12.4. The number of carboxylic acid groups (broad SMARTS) is 2. The number of nitrogens with one attached hydrogen (secondary N) is 1. The van der Waals surface area contributed by atoms with Gasteiger partial charge in [-0.25, -0.2) is 4.79 Å². The summed E-state index contributed by atoms with van der Waals surface area (Å²) in [5.41, 5.74) is 11.0. The van der Waals surface area contributed by atoms with E-state index >= 15 is 0 Å². The maximum atomic E-state index is 12.9. The highest BCUT2D eigenvalue weighted by atomic mass is 16.4. The molecule has 9 nitrogen and oxygen atoms in total. The Hall–Kier alpha value is -1.71. The molecular weight excluding hydrogens is 340 g/mol. The SMILES string of the molecule is NCCCCC(N[C@@H](CCCCN)C(=O)N1CCC[C@H]1C(=O)O)C(=O)O. The lowest BCUT2D eigenvalue weighted by molar-refractivity contribution is -0.149. The Labute approximate surface area is 154 Å². The monoisotopic (exact) mass is 372 g/mol. The van der Waals surface area contributed by atoms with Gasteiger partial charge in [-0.3, -0.25) is 14.9 Å². The molecule has 9 heteroatoms. The average Bonchev–Trinajstić information content (AvgIpc) is 3.09. The number of aliphatic carboxylic acids is 2. The lowest BCUT2D eigenvalue weighted by atomic mass is 10.0. The lowest BCUT2D eigenvalue weighted by Gasteiger charge is -2.29. The minimum absolute atomic E-state index is 0.336. The molecule has 1 saturated heterocycles. The topological polar surface area (TPSA) is 159 Å². The predicted molar refractivity (Wildman–Crippen MR) is 96.5 cm³/mol. The number of rotatable bonds is 13. The van der Waals surface area contributed by atoms with E-state index in [9.17, 15) is 24.6 Å². The molecule has 1 aliphatic rings. The molecule has 0 radical (unpaired) electrons. The standard InChI is InChI=1S/C17H32N4O5/c18-9-3-1-6-12(20-13(16(23)24)7-2-4-10-19)15(22)21-11-5-8-14(21)17(25)26/h12-14,20H,1-11,18-19H2,(H,23,24)(H,25,26)/t12-,13?,14-/m0/s1. The molecule has 0 aliphatic carbocycles. The fourth-order valence-corrected chi connectivity index (χ4v) is 3.27. The van der Waals surface area contributed by atoms with Gasteiger partial charge >= 0.3 is 11.9 Å². The first kappa shape index (κ1) is 22.3. The molecule has 7 N–H and O–H groups in total. The van der Waals surface area contributed by atoms with Crippen LogP contribution in [0.4, 0.5) is 0 Å². The zero-order chi connectivity index (χ0) is 19.5. The molecule has 0 aromatic heterocycles. The minimum atomic E-state index is -1.02. The lowest BCUT2D eigenvalue weighted by Crippen LogP contribution is -2.54. The number of likely N-dealkylation sites (tertiary alicyclic amines) is 1. The number of carbonyl (C=O) groups excluding carboxylic acids is 1. The van der Waals surface area contributed by atoms with Crippen molar-refractivity contribution in [3.8, 4) is 0 Å². The van der Waals surface area contributed by atoms with Gasteiger partial charge in [-0.15, -0.1) is 0 Å². The van der Waals surface area contributed by atoms with E-state index in [0.29, 0.717) is 64.6 Å². The fourth-order valence-electron chi connectivity index (χ4n) is 3.27. The average molecular weight is 372 g/mol. The summed E-state index contributed by atoms with van der Waals surface area (Å²) in [4.78, 5) is 37.2. The summed E-state index contributed by atoms with van der Waals surface area (Å²) in [5, 5.41) is 21.7. The zero-order valence-electron chi connectivity index (χ0n) is 15.2. The fraction of sp³-hybridized carbons (Fsp3) is 0.824. The largest absolute Gasteiger partial charge is 0.480 e. The van der Waals surface area contributed by atoms with Gasteiger partial charge in [0.15, 0.2) is 0 Å². The van der Waals surface area contributed by atoms with Crippen LogP contribution in [-0.4, -0.2) is 70.7 Å². The third-order valence-corrected chi connectivity index (χ3v) is 4.71. The molecule has 1 fully saturated rings. The van der Waals surface area contributed by atoms with Crippen LogP contribution in [0.5, 0.6) is 0 Å². The van der Waals surface area contributed by atoms with E-state index in [-0.39, 0.29) is 5.91 Å². The van der Waals surface area contributed by atoms with Crippen LogP contribution < -0.4 is 16.8 Å². The molecule has 0 aromatic carbocycles. The smallest absolute Gasteiger partial charge is 0.326 e. The number of hydrogen-bond donors (Lipinski definition) is 5. The molecule has 1 unspecified atom stereocenters. The highest BCUT2D eigenvalue weighted by molar-refractivity contribution is 5.88. The summed E-state index contributed by atoms with van der Waals surface area (Å²) < 4.78 is 0. The Morgan fingerprint density at radius 3 is 2.08 bits per heavy atom. The van der Waals surface area contributed by atoms with Crippen molar-refractivity contribution in [1.82, 2.24) is 10.2 Å². The highest BCUT2D eigenvalue weighted by Gasteiger charge is 2.38. The normalized spacial score (nSPS) is 19.3. The van der Waals surface area contributed by atoms with Crippen LogP contribution >= 0.6 is 0 Å². The van der Waals surface area contributed by atoms with Gasteiger partial charge in [0, 0.05) is 6.54 Å². The number of amides is 1. The Morgan fingerprint density at radius 1 is 1.00 bits per heavy atom. The van der Waals surface area contributed by atoms with Crippen LogP contribution in [0.3, 0.4) is 0 Å². The summed E-state index contributed by atoms with van der Waals surface area (Å²) in [5.74, 6) is -2.37. The summed E-state index contributed by atoms with van der Waals surface area (Å²) >= 11 is 0. The van der Waals surface area contributed by atoms with E-state index in [1.807, 2.05) is 0 Å². The molecule has 26 heavy (non-hydrogen) atoms. The van der Waals surface area contributed by atoms with E-state index in [1.54, 1.807) is 0 Å². The van der Waals surface area contributed by atoms with E-state index in [2.05, 4.69) is 5.32 Å². The molecule has 150 valence electrons. The molecule has 1 rings (SSSR count). The van der Waals surface area contributed by atoms with Crippen LogP contribution in [0.1, 0.15) is 51.4 Å². The van der Waals surface area contributed by atoms with Crippen LogP contribution in [0.25, 0.3) is 0 Å². The second-order valence-corrected chi connectivity index (χ2v) is 6.71. The van der Waals surface area contributed by atoms with Gasteiger partial charge in [-0.05, 0) is 51.6 Å². The van der Waals surface area contributed by atoms with Crippen molar-refractivity contribution in [3.63, 3.8) is 0 Å². The first-order valence-electron chi connectivity index (χ1n) is 9.34. The quantitative estimate of drug-likeness (QED) is 0.276. The Kier molecular flexibility index (Phi) is 10.2. The zero-order valence-corrected chi connectivity index (χ0v) is 15.2. The van der Waals surface area contributed by atoms with Crippen LogP contribution in [0, 0.1) is 0 Å². The van der Waals surface area contributed by atoms with Gasteiger partial charge in [0.25, 0.3) is 0 Å². The van der Waals surface area contributed by atoms with Gasteiger partial charge in [0.1, 0.15) is 12.1 Å². The summed E-state index contributed by atoms with van der Waals surface area (Å²) in [6.45, 7) is 1.36. The molecule has 3 atom stereocenters. The summed E-state index contributed by atoms with van der Waals surface area (Å²) in [6, 6.07) is -2.42. The Balaban J connectivity index is 2.82. The number of unbranched alkanes of at least 4 members (excludes halogenated alkanes) is 2. The van der Waals surface area contributed by atoms with Crippen molar-refractivity contribution >= 4 is 17.8 Å². The number of nitrogens with two attached hydrogens (primary N) is 2. The predicted octanol–water partition coefficient (Wildman–Crippen LogP) is -0.269. The molecular formula is C17H32N4O5. The Bertz CT molecular complexity index is 474. The van der Waals surface area contributed by atoms with E-state index in [1.165, 1.54) is 4.90 Å². The number of nitrogens with zero attached hydrogens (tertiary/aromatic N) is 1. The minimum Gasteiger partial charge on any atom is -0.480 e. The molecule has 0 bridgehead atoms. The van der Waals surface area contributed by atoms with Crippen molar-refractivity contribution in [1.29, 1.82) is 0 Å². The third kappa shape index (κ3) is 6.89. The van der Waals surface area contributed by atoms with E-state index in [0.717, 1.165) is 6.42 Å². The van der Waals surface area contributed by atoms with Crippen molar-refractivity contribution in [2.24, 2.45) is 11.5 Å². The van der Waals surface area contributed by atoms with Crippen molar-refractivity contribution in [3.05, 3.63) is 0 Å². The number of carboxylic acids is 2. The highest BCUT2D eigenvalue weighted by Crippen LogP contribution is 2.20. The van der Waals surface area contributed by atoms with Crippen molar-refractivity contribution < 1.29 is 24.6 Å². The van der Waals surface area contributed by atoms with Gasteiger partial charge in [0.2, 0.25) is 5.91 Å². The maximum Gasteiger partial charge on any atom is 0.326 e. The van der Waals surface area contributed by atoms with Crippen LogP contribution in [0.2, 0.25) is 0 Å².